The van der Waals surface area contributed by atoms with E-state index in [0.717, 1.165) is 0 Å². The van der Waals surface area contributed by atoms with Crippen molar-refractivity contribution in [1.82, 2.24) is 4.90 Å². The Balaban J connectivity index is 1.44. The second-order valence-electron chi connectivity index (χ2n) is 7.49. The van der Waals surface area contributed by atoms with Gasteiger partial charge in [-0.1, -0.05) is 23.7 Å². The van der Waals surface area contributed by atoms with Gasteiger partial charge in [-0.2, -0.15) is 0 Å². The number of hydrogen-bond acceptors (Lipinski definition) is 5. The van der Waals surface area contributed by atoms with E-state index in [1.165, 1.54) is 6.26 Å². The Morgan fingerprint density at radius 2 is 1.84 bits per heavy atom. The molecule has 2 aromatic carbocycles. The molecule has 8 heteroatoms. The number of nitrogens with zero attached hydrogens (tertiary/aromatic N) is 1. The molecule has 1 aliphatic heterocycles. The minimum atomic E-state index is -0.319. The van der Waals surface area contributed by atoms with Crippen molar-refractivity contribution in [3.05, 3.63) is 64.0 Å². The molecular formula is C23H21ClN2O5. The van der Waals surface area contributed by atoms with Gasteiger partial charge in [-0.15, -0.1) is 0 Å². The third kappa shape index (κ3) is 4.56. The predicted molar refractivity (Wildman–Crippen MR) is 117 cm³/mol. The molecular weight excluding hydrogens is 420 g/mol. The maximum Gasteiger partial charge on any atom is 0.260 e. The first-order valence-electron chi connectivity index (χ1n) is 9.94. The normalized spacial score (nSPS) is 14.5. The molecule has 0 unspecified atom stereocenters. The highest BCUT2D eigenvalue weighted by Gasteiger charge is 2.26. The second-order valence-corrected chi connectivity index (χ2v) is 7.93. The molecule has 1 saturated heterocycles. The van der Waals surface area contributed by atoms with E-state index >= 15 is 0 Å². The van der Waals surface area contributed by atoms with Gasteiger partial charge in [-0.25, -0.2) is 0 Å². The van der Waals surface area contributed by atoms with Gasteiger partial charge in [0.2, 0.25) is 5.91 Å². The molecule has 0 aliphatic carbocycles. The van der Waals surface area contributed by atoms with Gasteiger partial charge in [0.25, 0.3) is 5.91 Å². The minimum absolute atomic E-state index is 0.139. The number of halogens is 1. The molecule has 31 heavy (non-hydrogen) atoms. The molecule has 4 rings (SSSR count). The molecule has 0 bridgehead atoms. The van der Waals surface area contributed by atoms with Crippen LogP contribution in [0.4, 0.5) is 0 Å². The van der Waals surface area contributed by atoms with Crippen LogP contribution < -0.4 is 15.9 Å². The zero-order valence-corrected chi connectivity index (χ0v) is 17.4. The maximum absolute atomic E-state index is 12.8. The summed E-state index contributed by atoms with van der Waals surface area (Å²) >= 11 is 5.91. The Hall–Kier alpha value is -3.32. The lowest BCUT2D eigenvalue weighted by Crippen LogP contribution is -2.43. The van der Waals surface area contributed by atoms with Crippen LogP contribution >= 0.6 is 11.6 Å². The number of benzene rings is 2. The number of likely N-dealkylation sites (tertiary alicyclic amines) is 1. The molecule has 0 radical (unpaired) electrons. The smallest absolute Gasteiger partial charge is 0.260 e. The van der Waals surface area contributed by atoms with Crippen LogP contribution in [0.1, 0.15) is 12.8 Å². The summed E-state index contributed by atoms with van der Waals surface area (Å²) < 4.78 is 11.3. The predicted octanol–water partition coefficient (Wildman–Crippen LogP) is 3.22. The number of nitrogens with two attached hydrogens (primary N) is 1. The number of ether oxygens (including phenoxy) is 1. The zero-order chi connectivity index (χ0) is 22.0. The molecule has 3 aromatic rings. The maximum atomic E-state index is 12.8. The van der Waals surface area contributed by atoms with Crippen molar-refractivity contribution in [2.45, 2.75) is 12.8 Å². The molecule has 2 heterocycles. The summed E-state index contributed by atoms with van der Waals surface area (Å²) in [4.78, 5) is 38.1. The van der Waals surface area contributed by atoms with Crippen LogP contribution in [-0.4, -0.2) is 36.4 Å². The Morgan fingerprint density at radius 3 is 2.52 bits per heavy atom. The van der Waals surface area contributed by atoms with Crippen LogP contribution in [0.5, 0.6) is 5.75 Å². The molecule has 2 amide bonds. The van der Waals surface area contributed by atoms with E-state index in [9.17, 15) is 14.4 Å². The van der Waals surface area contributed by atoms with Crippen LogP contribution in [0.3, 0.4) is 0 Å². The molecule has 0 atom stereocenters. The lowest BCUT2D eigenvalue weighted by Gasteiger charge is -2.30. The van der Waals surface area contributed by atoms with E-state index < -0.39 is 0 Å². The van der Waals surface area contributed by atoms with Crippen molar-refractivity contribution < 1.29 is 18.7 Å². The van der Waals surface area contributed by atoms with Crippen molar-refractivity contribution in [2.24, 2.45) is 11.7 Å². The van der Waals surface area contributed by atoms with Gasteiger partial charge >= 0.3 is 0 Å². The molecule has 1 fully saturated rings. The highest BCUT2D eigenvalue weighted by molar-refractivity contribution is 6.30. The fraction of sp³-hybridized carbons (Fsp3) is 0.261. The van der Waals surface area contributed by atoms with Crippen LogP contribution in [0, 0.1) is 5.92 Å². The van der Waals surface area contributed by atoms with Gasteiger partial charge in [0.15, 0.2) is 12.0 Å². The summed E-state index contributed by atoms with van der Waals surface area (Å²) in [6.45, 7) is 0.825. The highest BCUT2D eigenvalue weighted by atomic mass is 35.5. The fourth-order valence-corrected chi connectivity index (χ4v) is 3.80. The summed E-state index contributed by atoms with van der Waals surface area (Å²) in [6.07, 6.45) is 2.54. The molecule has 0 saturated carbocycles. The summed E-state index contributed by atoms with van der Waals surface area (Å²) in [5.41, 5.74) is 6.68. The Labute approximate surface area is 183 Å². The van der Waals surface area contributed by atoms with Crippen molar-refractivity contribution in [1.29, 1.82) is 0 Å². The van der Waals surface area contributed by atoms with Gasteiger partial charge in [0.05, 0.1) is 10.9 Å². The Bertz CT molecular complexity index is 1180. The lowest BCUT2D eigenvalue weighted by atomic mass is 9.96. The quantitative estimate of drug-likeness (QED) is 0.656. The third-order valence-electron chi connectivity index (χ3n) is 5.51. The first-order chi connectivity index (χ1) is 14.9. The molecule has 160 valence electrons. The summed E-state index contributed by atoms with van der Waals surface area (Å²) in [5.74, 6) is -0.232. The zero-order valence-electron chi connectivity index (χ0n) is 16.7. The summed E-state index contributed by atoms with van der Waals surface area (Å²) in [5, 5.41) is 1.00. The number of fused-ring (bicyclic) bond motifs is 1. The standard InChI is InChI=1S/C23H21ClN2O5/c24-16-3-1-14(2-4-16)19-12-31-20-11-17(5-6-18(20)22(19)28)30-13-21(27)26-9-7-15(8-10-26)23(25)29/h1-6,11-12,15H,7-10,13H2,(H2,25,29). The van der Waals surface area contributed by atoms with E-state index in [2.05, 4.69) is 0 Å². The number of rotatable bonds is 5. The number of hydrogen-bond donors (Lipinski definition) is 1. The lowest BCUT2D eigenvalue weighted by molar-refractivity contribution is -0.136. The van der Waals surface area contributed by atoms with Crippen LogP contribution in [0.25, 0.3) is 22.1 Å². The number of carbonyl (C=O) groups is 2. The average Bonchev–Trinajstić information content (AvgIpc) is 2.78. The highest BCUT2D eigenvalue weighted by Crippen LogP contribution is 2.24. The summed E-state index contributed by atoms with van der Waals surface area (Å²) in [6, 6.07) is 11.8. The first kappa shape index (κ1) is 20.9. The van der Waals surface area contributed by atoms with E-state index in [4.69, 9.17) is 26.5 Å². The van der Waals surface area contributed by atoms with Gasteiger partial charge < -0.3 is 19.8 Å². The first-order valence-corrected chi connectivity index (χ1v) is 10.3. The number of piperidine rings is 1. The summed E-state index contributed by atoms with van der Waals surface area (Å²) in [7, 11) is 0. The van der Waals surface area contributed by atoms with Gasteiger partial charge in [-0.3, -0.25) is 14.4 Å². The molecule has 2 N–H and O–H groups in total. The average molecular weight is 441 g/mol. The third-order valence-corrected chi connectivity index (χ3v) is 5.77. The van der Waals surface area contributed by atoms with Crippen LogP contribution in [-0.2, 0) is 9.59 Å². The van der Waals surface area contributed by atoms with Crippen molar-refractivity contribution in [3.63, 3.8) is 0 Å². The molecule has 1 aromatic heterocycles. The second kappa shape index (κ2) is 8.81. The van der Waals surface area contributed by atoms with Gasteiger partial charge in [0.1, 0.15) is 17.6 Å². The van der Waals surface area contributed by atoms with Crippen molar-refractivity contribution in [3.8, 4) is 16.9 Å². The van der Waals surface area contributed by atoms with E-state index in [-0.39, 0.29) is 29.8 Å². The SMILES string of the molecule is NC(=O)C1CCN(C(=O)COc2ccc3c(=O)c(-c4ccc(Cl)cc4)coc3c2)CC1. The fourth-order valence-electron chi connectivity index (χ4n) is 3.68. The van der Waals surface area contributed by atoms with E-state index in [1.807, 2.05) is 0 Å². The number of primary amides is 1. The molecule has 0 spiro atoms. The molecule has 7 nitrogen and oxygen atoms in total. The van der Waals surface area contributed by atoms with E-state index in [0.29, 0.717) is 58.8 Å². The molecule has 1 aliphatic rings. The van der Waals surface area contributed by atoms with Crippen molar-refractivity contribution >= 4 is 34.4 Å². The Kier molecular flexibility index (Phi) is 5.95. The topological polar surface area (TPSA) is 103 Å². The number of amides is 2. The van der Waals surface area contributed by atoms with Crippen LogP contribution in [0.15, 0.2) is 57.9 Å². The van der Waals surface area contributed by atoms with E-state index in [1.54, 1.807) is 47.4 Å². The Morgan fingerprint density at radius 1 is 1.13 bits per heavy atom. The van der Waals surface area contributed by atoms with Crippen LogP contribution in [0.2, 0.25) is 5.02 Å². The van der Waals surface area contributed by atoms with Gasteiger partial charge in [0, 0.05) is 30.1 Å². The monoisotopic (exact) mass is 440 g/mol. The largest absolute Gasteiger partial charge is 0.484 e. The number of carbonyl (C=O) groups excluding carboxylic acids is 2. The van der Waals surface area contributed by atoms with Gasteiger partial charge in [-0.05, 0) is 42.7 Å². The van der Waals surface area contributed by atoms with Crippen molar-refractivity contribution in [2.75, 3.05) is 19.7 Å². The minimum Gasteiger partial charge on any atom is -0.484 e.